The van der Waals surface area contributed by atoms with Gasteiger partial charge in [0, 0.05) is 12.1 Å². The Hall–Kier alpha value is -3.35. The van der Waals surface area contributed by atoms with Gasteiger partial charge >= 0.3 is 6.36 Å². The molecular formula is C19H13F3O4. The molecule has 0 aliphatic heterocycles. The topological polar surface area (TPSA) is 47.9 Å². The number of halogens is 3. The van der Waals surface area contributed by atoms with Crippen LogP contribution < -0.4 is 14.2 Å². The molecule has 0 aromatic heterocycles. The fourth-order valence-corrected chi connectivity index (χ4v) is 2.12. The molecule has 4 nitrogen and oxygen atoms in total. The van der Waals surface area contributed by atoms with Gasteiger partial charge in [-0.05, 0) is 48.5 Å². The highest BCUT2D eigenvalue weighted by Gasteiger charge is 2.31. The molecule has 0 unspecified atom stereocenters. The quantitative estimate of drug-likeness (QED) is 0.616. The lowest BCUT2D eigenvalue weighted by molar-refractivity contribution is -0.274. The minimum absolute atomic E-state index is 0.121. The molecule has 0 aliphatic rings. The summed E-state index contributed by atoms with van der Waals surface area (Å²) in [5.74, 6) is 1.30. The molecule has 0 fully saturated rings. The van der Waals surface area contributed by atoms with Gasteiger partial charge in [0.2, 0.25) is 0 Å². The van der Waals surface area contributed by atoms with E-state index in [0.717, 1.165) is 6.07 Å². The van der Waals surface area contributed by atoms with Crippen LogP contribution in [0.15, 0.2) is 72.8 Å². The Balaban J connectivity index is 1.72. The fraction of sp³-hybridized carbons (Fsp3) is 0.0526. The maximum absolute atomic E-state index is 12.3. The standard InChI is InChI=1S/C19H13F3O4/c20-19(21,22)26-18-6-2-5-17(12-18)25-16-4-1-3-15(11-16)24-14-9-7-13(23)8-10-14/h1-12,23H. The molecule has 3 aromatic rings. The predicted octanol–water partition coefficient (Wildman–Crippen LogP) is 5.88. The molecule has 0 saturated heterocycles. The van der Waals surface area contributed by atoms with E-state index >= 15 is 0 Å². The van der Waals surface area contributed by atoms with Gasteiger partial charge in [-0.25, -0.2) is 0 Å². The maximum Gasteiger partial charge on any atom is 0.573 e. The molecule has 3 rings (SSSR count). The molecule has 0 heterocycles. The van der Waals surface area contributed by atoms with Gasteiger partial charge in [0.25, 0.3) is 0 Å². The molecule has 0 radical (unpaired) electrons. The smallest absolute Gasteiger partial charge is 0.508 e. The van der Waals surface area contributed by atoms with E-state index in [1.165, 1.54) is 30.3 Å². The van der Waals surface area contributed by atoms with Crippen LogP contribution in [0.25, 0.3) is 0 Å². The lowest BCUT2D eigenvalue weighted by atomic mass is 10.3. The number of rotatable bonds is 5. The van der Waals surface area contributed by atoms with E-state index in [1.54, 1.807) is 36.4 Å². The summed E-state index contributed by atoms with van der Waals surface area (Å²) in [5, 5.41) is 9.27. The first-order chi connectivity index (χ1) is 12.4. The Morgan fingerprint density at radius 2 is 1.08 bits per heavy atom. The van der Waals surface area contributed by atoms with Crippen LogP contribution in [0.5, 0.6) is 34.5 Å². The van der Waals surface area contributed by atoms with E-state index in [-0.39, 0.29) is 17.2 Å². The van der Waals surface area contributed by atoms with Crippen LogP contribution in [0.3, 0.4) is 0 Å². The molecule has 0 aliphatic carbocycles. The zero-order chi connectivity index (χ0) is 18.6. The van der Waals surface area contributed by atoms with E-state index in [4.69, 9.17) is 9.47 Å². The predicted molar refractivity (Wildman–Crippen MR) is 87.8 cm³/mol. The van der Waals surface area contributed by atoms with Gasteiger partial charge in [0.1, 0.15) is 34.5 Å². The van der Waals surface area contributed by atoms with Crippen LogP contribution in [0.2, 0.25) is 0 Å². The molecule has 0 spiro atoms. The monoisotopic (exact) mass is 362 g/mol. The van der Waals surface area contributed by atoms with E-state index in [0.29, 0.717) is 17.2 Å². The van der Waals surface area contributed by atoms with Crippen molar-refractivity contribution in [2.45, 2.75) is 6.36 Å². The molecule has 26 heavy (non-hydrogen) atoms. The summed E-state index contributed by atoms with van der Waals surface area (Å²) < 4.78 is 51.9. The van der Waals surface area contributed by atoms with Crippen LogP contribution in [-0.2, 0) is 0 Å². The molecule has 0 bridgehead atoms. The average Bonchev–Trinajstić information content (AvgIpc) is 2.56. The largest absolute Gasteiger partial charge is 0.573 e. The molecule has 0 saturated carbocycles. The minimum atomic E-state index is -4.77. The molecule has 0 amide bonds. The minimum Gasteiger partial charge on any atom is -0.508 e. The van der Waals surface area contributed by atoms with Crippen molar-refractivity contribution < 1.29 is 32.5 Å². The van der Waals surface area contributed by atoms with E-state index in [1.807, 2.05) is 0 Å². The SMILES string of the molecule is Oc1ccc(Oc2cccc(Oc3cccc(OC(F)(F)F)c3)c2)cc1. The first kappa shape index (κ1) is 17.5. The number of phenolic OH excluding ortho intramolecular Hbond substituents is 1. The summed E-state index contributed by atoms with van der Waals surface area (Å²) >= 11 is 0. The summed E-state index contributed by atoms with van der Waals surface area (Å²) in [6, 6.07) is 18.0. The van der Waals surface area contributed by atoms with Crippen molar-refractivity contribution in [3.8, 4) is 34.5 Å². The number of ether oxygens (including phenoxy) is 3. The van der Waals surface area contributed by atoms with Crippen LogP contribution in [0.1, 0.15) is 0 Å². The van der Waals surface area contributed by atoms with Crippen molar-refractivity contribution in [1.82, 2.24) is 0 Å². The van der Waals surface area contributed by atoms with Crippen molar-refractivity contribution in [2.24, 2.45) is 0 Å². The summed E-state index contributed by atoms with van der Waals surface area (Å²) in [6.45, 7) is 0. The first-order valence-corrected chi connectivity index (χ1v) is 7.48. The average molecular weight is 362 g/mol. The summed E-state index contributed by atoms with van der Waals surface area (Å²) in [4.78, 5) is 0. The zero-order valence-corrected chi connectivity index (χ0v) is 13.2. The highest BCUT2D eigenvalue weighted by Crippen LogP contribution is 2.31. The molecule has 0 atom stereocenters. The van der Waals surface area contributed by atoms with E-state index < -0.39 is 6.36 Å². The summed E-state index contributed by atoms with van der Waals surface area (Å²) in [5.41, 5.74) is 0. The van der Waals surface area contributed by atoms with Gasteiger partial charge in [-0.3, -0.25) is 0 Å². The normalized spacial score (nSPS) is 11.0. The number of hydrogen-bond donors (Lipinski definition) is 1. The van der Waals surface area contributed by atoms with E-state index in [9.17, 15) is 18.3 Å². The zero-order valence-electron chi connectivity index (χ0n) is 13.2. The van der Waals surface area contributed by atoms with Crippen molar-refractivity contribution in [3.63, 3.8) is 0 Å². The number of alkyl halides is 3. The Labute approximate surface area is 147 Å². The summed E-state index contributed by atoms with van der Waals surface area (Å²) in [7, 11) is 0. The molecule has 7 heteroatoms. The molecule has 1 N–H and O–H groups in total. The third kappa shape index (κ3) is 5.07. The molecular weight excluding hydrogens is 349 g/mol. The maximum atomic E-state index is 12.3. The van der Waals surface area contributed by atoms with Gasteiger partial charge in [-0.1, -0.05) is 12.1 Å². The number of aromatic hydroxyl groups is 1. The first-order valence-electron chi connectivity index (χ1n) is 7.48. The Morgan fingerprint density at radius 3 is 1.62 bits per heavy atom. The third-order valence-electron chi connectivity index (χ3n) is 3.15. The lowest BCUT2D eigenvalue weighted by Gasteiger charge is -2.11. The van der Waals surface area contributed by atoms with Gasteiger partial charge in [-0.2, -0.15) is 0 Å². The van der Waals surface area contributed by atoms with Crippen molar-refractivity contribution in [3.05, 3.63) is 72.8 Å². The molecule has 134 valence electrons. The van der Waals surface area contributed by atoms with Gasteiger partial charge in [0.15, 0.2) is 0 Å². The Bertz CT molecular complexity index is 876. The number of hydrogen-bond acceptors (Lipinski definition) is 4. The second-order valence-corrected chi connectivity index (χ2v) is 5.20. The van der Waals surface area contributed by atoms with Gasteiger partial charge in [-0.15, -0.1) is 13.2 Å². The third-order valence-corrected chi connectivity index (χ3v) is 3.15. The highest BCUT2D eigenvalue weighted by atomic mass is 19.4. The van der Waals surface area contributed by atoms with Crippen LogP contribution in [0, 0.1) is 0 Å². The van der Waals surface area contributed by atoms with Gasteiger partial charge in [0.05, 0.1) is 0 Å². The van der Waals surface area contributed by atoms with Gasteiger partial charge < -0.3 is 19.3 Å². The Kier molecular flexibility index (Phi) is 4.88. The lowest BCUT2D eigenvalue weighted by Crippen LogP contribution is -2.16. The second-order valence-electron chi connectivity index (χ2n) is 5.20. The van der Waals surface area contributed by atoms with Crippen LogP contribution >= 0.6 is 0 Å². The Morgan fingerprint density at radius 1 is 0.615 bits per heavy atom. The summed E-state index contributed by atoms with van der Waals surface area (Å²) in [6.07, 6.45) is -4.77. The van der Waals surface area contributed by atoms with Crippen molar-refractivity contribution in [1.29, 1.82) is 0 Å². The fourth-order valence-electron chi connectivity index (χ4n) is 2.12. The van der Waals surface area contributed by atoms with E-state index in [2.05, 4.69) is 4.74 Å². The van der Waals surface area contributed by atoms with Crippen LogP contribution in [0.4, 0.5) is 13.2 Å². The second kappa shape index (κ2) is 7.26. The number of benzene rings is 3. The number of phenols is 1. The van der Waals surface area contributed by atoms with Crippen molar-refractivity contribution in [2.75, 3.05) is 0 Å². The van der Waals surface area contributed by atoms with Crippen molar-refractivity contribution >= 4 is 0 Å². The molecule has 3 aromatic carbocycles. The van der Waals surface area contributed by atoms with Crippen LogP contribution in [-0.4, -0.2) is 11.5 Å². The highest BCUT2D eigenvalue weighted by molar-refractivity contribution is 5.41.